The molecule has 0 bridgehead atoms. The minimum atomic E-state index is -1.25. The predicted molar refractivity (Wildman–Crippen MR) is 92.1 cm³/mol. The molecule has 1 aliphatic heterocycles. The SMILES string of the molecule is OC[C@H]1OC(n2cnc3c(NCc4ccccc4F)ncnc32)[C@@H](O)[C@@H]1O. The number of imidazole rings is 1. The van der Waals surface area contributed by atoms with Crippen LogP contribution in [0, 0.1) is 5.82 Å². The largest absolute Gasteiger partial charge is 0.394 e. The van der Waals surface area contributed by atoms with Crippen molar-refractivity contribution in [2.24, 2.45) is 0 Å². The van der Waals surface area contributed by atoms with Crippen LogP contribution in [0.5, 0.6) is 0 Å². The van der Waals surface area contributed by atoms with Gasteiger partial charge in [-0.1, -0.05) is 18.2 Å². The van der Waals surface area contributed by atoms with Crippen LogP contribution in [0.25, 0.3) is 11.2 Å². The molecule has 0 saturated carbocycles. The summed E-state index contributed by atoms with van der Waals surface area (Å²) in [6, 6.07) is 6.40. The van der Waals surface area contributed by atoms with E-state index in [0.29, 0.717) is 22.5 Å². The molecule has 1 aliphatic rings. The minimum Gasteiger partial charge on any atom is -0.394 e. The Bertz CT molecular complexity index is 952. The van der Waals surface area contributed by atoms with Crippen LogP contribution in [0.1, 0.15) is 11.8 Å². The molecular formula is C17H18FN5O4. The lowest BCUT2D eigenvalue weighted by molar-refractivity contribution is -0.0511. The molecule has 27 heavy (non-hydrogen) atoms. The van der Waals surface area contributed by atoms with Crippen LogP contribution < -0.4 is 5.32 Å². The van der Waals surface area contributed by atoms with Crippen molar-refractivity contribution in [1.29, 1.82) is 0 Å². The third-order valence-electron chi connectivity index (χ3n) is 4.55. The third kappa shape index (κ3) is 3.12. The normalized spacial score (nSPS) is 25.2. The molecule has 2 aromatic heterocycles. The molecule has 0 aliphatic carbocycles. The molecule has 1 aromatic carbocycles. The maximum atomic E-state index is 13.8. The summed E-state index contributed by atoms with van der Waals surface area (Å²) >= 11 is 0. The smallest absolute Gasteiger partial charge is 0.167 e. The van der Waals surface area contributed by atoms with Crippen LogP contribution in [0.2, 0.25) is 0 Å². The molecule has 1 unspecified atom stereocenters. The number of aliphatic hydroxyl groups excluding tert-OH is 3. The second kappa shape index (κ2) is 7.16. The van der Waals surface area contributed by atoms with Crippen molar-refractivity contribution in [1.82, 2.24) is 19.5 Å². The van der Waals surface area contributed by atoms with E-state index in [1.165, 1.54) is 23.3 Å². The lowest BCUT2D eigenvalue weighted by Gasteiger charge is -2.16. The summed E-state index contributed by atoms with van der Waals surface area (Å²) < 4.78 is 20.8. The molecule has 1 saturated heterocycles. The van der Waals surface area contributed by atoms with Crippen molar-refractivity contribution in [2.45, 2.75) is 31.1 Å². The van der Waals surface area contributed by atoms with Crippen molar-refractivity contribution < 1.29 is 24.4 Å². The summed E-state index contributed by atoms with van der Waals surface area (Å²) in [7, 11) is 0. The number of rotatable bonds is 5. The van der Waals surface area contributed by atoms with Crippen molar-refractivity contribution >= 4 is 17.0 Å². The van der Waals surface area contributed by atoms with Gasteiger partial charge in [-0.3, -0.25) is 4.57 Å². The zero-order valence-corrected chi connectivity index (χ0v) is 14.1. The topological polar surface area (TPSA) is 126 Å². The van der Waals surface area contributed by atoms with Crippen LogP contribution in [0.3, 0.4) is 0 Å². The van der Waals surface area contributed by atoms with Gasteiger partial charge in [0, 0.05) is 12.1 Å². The first kappa shape index (κ1) is 17.7. The van der Waals surface area contributed by atoms with Crippen LogP contribution in [0.15, 0.2) is 36.9 Å². The molecule has 0 spiro atoms. The van der Waals surface area contributed by atoms with E-state index in [1.54, 1.807) is 18.2 Å². The van der Waals surface area contributed by atoms with E-state index in [9.17, 15) is 19.7 Å². The summed E-state index contributed by atoms with van der Waals surface area (Å²) in [5.74, 6) is 0.0705. The molecule has 9 nitrogen and oxygen atoms in total. The van der Waals surface area contributed by atoms with E-state index in [-0.39, 0.29) is 12.4 Å². The van der Waals surface area contributed by atoms with E-state index in [1.807, 2.05) is 0 Å². The fourth-order valence-electron chi connectivity index (χ4n) is 3.10. The number of hydrogen-bond donors (Lipinski definition) is 4. The molecule has 142 valence electrons. The van der Waals surface area contributed by atoms with Crippen molar-refractivity contribution in [3.63, 3.8) is 0 Å². The summed E-state index contributed by atoms with van der Waals surface area (Å²) in [4.78, 5) is 12.6. The molecule has 0 radical (unpaired) electrons. The Morgan fingerprint density at radius 1 is 1.15 bits per heavy atom. The maximum absolute atomic E-state index is 13.8. The number of benzene rings is 1. The number of fused-ring (bicyclic) bond motifs is 1. The lowest BCUT2D eigenvalue weighted by Crippen LogP contribution is -2.33. The average molecular weight is 375 g/mol. The van der Waals surface area contributed by atoms with E-state index in [0.717, 1.165) is 0 Å². The highest BCUT2D eigenvalue weighted by atomic mass is 19.1. The quantitative estimate of drug-likeness (QED) is 0.498. The Kier molecular flexibility index (Phi) is 4.70. The van der Waals surface area contributed by atoms with E-state index in [2.05, 4.69) is 20.3 Å². The van der Waals surface area contributed by atoms with Crippen LogP contribution in [0.4, 0.5) is 10.2 Å². The van der Waals surface area contributed by atoms with Gasteiger partial charge in [0.25, 0.3) is 0 Å². The van der Waals surface area contributed by atoms with E-state index in [4.69, 9.17) is 4.74 Å². The second-order valence-electron chi connectivity index (χ2n) is 6.22. The molecule has 0 amide bonds. The van der Waals surface area contributed by atoms with Gasteiger partial charge in [0.2, 0.25) is 0 Å². The van der Waals surface area contributed by atoms with Crippen molar-refractivity contribution in [3.8, 4) is 0 Å². The highest BCUT2D eigenvalue weighted by Gasteiger charge is 2.44. The van der Waals surface area contributed by atoms with Gasteiger partial charge < -0.3 is 25.4 Å². The van der Waals surface area contributed by atoms with Gasteiger partial charge >= 0.3 is 0 Å². The van der Waals surface area contributed by atoms with E-state index >= 15 is 0 Å². The lowest BCUT2D eigenvalue weighted by atomic mass is 10.1. The maximum Gasteiger partial charge on any atom is 0.167 e. The number of nitrogens with one attached hydrogen (secondary N) is 1. The Hall–Kier alpha value is -2.66. The summed E-state index contributed by atoms with van der Waals surface area (Å²) in [6.07, 6.45) is -1.60. The number of nitrogens with zero attached hydrogens (tertiary/aromatic N) is 4. The standard InChI is InChI=1S/C17H18FN5O4/c18-10-4-2-1-3-9(10)5-19-15-12-16(21-7-20-15)23(8-22-12)17-14(26)13(25)11(6-24)27-17/h1-4,7-8,11,13-14,17,24-26H,5-6H2,(H,19,20,21)/t11-,13-,14+,17?/m1/s1. The second-order valence-corrected chi connectivity index (χ2v) is 6.22. The predicted octanol–water partition coefficient (Wildman–Crippen LogP) is 0.189. The molecular weight excluding hydrogens is 357 g/mol. The number of anilines is 1. The Labute approximate surface area is 153 Å². The number of hydrogen-bond acceptors (Lipinski definition) is 8. The molecule has 4 N–H and O–H groups in total. The number of aliphatic hydroxyl groups is 3. The molecule has 4 rings (SSSR count). The summed E-state index contributed by atoms with van der Waals surface area (Å²) in [5.41, 5.74) is 1.26. The van der Waals surface area contributed by atoms with Crippen molar-refractivity contribution in [3.05, 3.63) is 48.3 Å². The zero-order chi connectivity index (χ0) is 19.0. The van der Waals surface area contributed by atoms with Gasteiger partial charge in [0.15, 0.2) is 23.2 Å². The van der Waals surface area contributed by atoms with Gasteiger partial charge in [0.05, 0.1) is 12.9 Å². The van der Waals surface area contributed by atoms with Crippen LogP contribution in [-0.2, 0) is 11.3 Å². The number of ether oxygens (including phenoxy) is 1. The number of aromatic nitrogens is 4. The van der Waals surface area contributed by atoms with Gasteiger partial charge in [-0.25, -0.2) is 19.3 Å². The molecule has 3 heterocycles. The van der Waals surface area contributed by atoms with Gasteiger partial charge in [-0.05, 0) is 6.07 Å². The summed E-state index contributed by atoms with van der Waals surface area (Å²) in [5, 5.41) is 32.4. The molecule has 10 heteroatoms. The first-order chi connectivity index (χ1) is 13.1. The zero-order valence-electron chi connectivity index (χ0n) is 14.1. The first-order valence-corrected chi connectivity index (χ1v) is 8.37. The minimum absolute atomic E-state index is 0.208. The Morgan fingerprint density at radius 3 is 2.70 bits per heavy atom. The third-order valence-corrected chi connectivity index (χ3v) is 4.55. The van der Waals surface area contributed by atoms with Gasteiger partial charge in [-0.15, -0.1) is 0 Å². The first-order valence-electron chi connectivity index (χ1n) is 8.37. The highest BCUT2D eigenvalue weighted by Crippen LogP contribution is 2.32. The van der Waals surface area contributed by atoms with Crippen LogP contribution >= 0.6 is 0 Å². The fraction of sp³-hybridized carbons (Fsp3) is 0.353. The van der Waals surface area contributed by atoms with Crippen molar-refractivity contribution in [2.75, 3.05) is 11.9 Å². The monoisotopic (exact) mass is 375 g/mol. The Balaban J connectivity index is 1.61. The molecule has 3 aromatic rings. The highest BCUT2D eigenvalue weighted by molar-refractivity contribution is 5.82. The fourth-order valence-corrected chi connectivity index (χ4v) is 3.10. The summed E-state index contributed by atoms with van der Waals surface area (Å²) in [6.45, 7) is -0.217. The van der Waals surface area contributed by atoms with E-state index < -0.39 is 31.1 Å². The Morgan fingerprint density at radius 2 is 1.96 bits per heavy atom. The molecule has 1 fully saturated rings. The van der Waals surface area contributed by atoms with Gasteiger partial charge in [-0.2, -0.15) is 0 Å². The average Bonchev–Trinajstić information content (AvgIpc) is 3.23. The number of halogens is 1. The van der Waals surface area contributed by atoms with Crippen LogP contribution in [-0.4, -0.2) is 59.8 Å². The van der Waals surface area contributed by atoms with Gasteiger partial charge in [0.1, 0.15) is 30.5 Å². The molecule has 4 atom stereocenters.